The first kappa shape index (κ1) is 16.4. The largest absolute Gasteiger partial charge is 0.468 e. The average Bonchev–Trinajstić information content (AvgIpc) is 3.36. The summed E-state index contributed by atoms with van der Waals surface area (Å²) in [5.41, 5.74) is 0.260. The van der Waals surface area contributed by atoms with E-state index in [0.717, 1.165) is 18.4 Å². The molecule has 0 aromatic heterocycles. The molecule has 2 fully saturated rings. The minimum Gasteiger partial charge on any atom is -0.468 e. The molecule has 1 N–H and O–H groups in total. The van der Waals surface area contributed by atoms with E-state index in [1.165, 1.54) is 11.4 Å². The van der Waals surface area contributed by atoms with E-state index < -0.39 is 15.4 Å². The molecule has 6 nitrogen and oxygen atoms in total. The van der Waals surface area contributed by atoms with E-state index in [9.17, 15) is 13.2 Å². The summed E-state index contributed by atoms with van der Waals surface area (Å²) in [4.78, 5) is 12.2. The Morgan fingerprint density at radius 1 is 1.30 bits per heavy atom. The predicted molar refractivity (Wildman–Crippen MR) is 85.6 cm³/mol. The Labute approximate surface area is 136 Å². The first-order valence-electron chi connectivity index (χ1n) is 7.83. The number of hydrogen-bond donors (Lipinski definition) is 1. The molecule has 1 heterocycles. The van der Waals surface area contributed by atoms with Crippen molar-refractivity contribution in [1.29, 1.82) is 0 Å². The summed E-state index contributed by atoms with van der Waals surface area (Å²) in [7, 11) is -2.12. The molecule has 126 valence electrons. The third-order valence-electron chi connectivity index (χ3n) is 4.78. The third kappa shape index (κ3) is 2.77. The second kappa shape index (κ2) is 5.89. The summed E-state index contributed by atoms with van der Waals surface area (Å²) < 4.78 is 31.9. The zero-order chi connectivity index (χ0) is 16.7. The SMILES string of the molecule is COC(=O)C1(c2ccc(S(=O)(=O)N3CCNCC3C)cc2)CC1. The van der Waals surface area contributed by atoms with Crippen LogP contribution in [0.3, 0.4) is 0 Å². The monoisotopic (exact) mass is 338 g/mol. The number of piperazine rings is 1. The number of carbonyl (C=O) groups excluding carboxylic acids is 1. The molecule has 1 unspecified atom stereocenters. The molecule has 1 aliphatic carbocycles. The number of nitrogens with one attached hydrogen (secondary N) is 1. The van der Waals surface area contributed by atoms with Gasteiger partial charge in [-0.15, -0.1) is 0 Å². The van der Waals surface area contributed by atoms with Crippen LogP contribution in [-0.2, 0) is 25.0 Å². The van der Waals surface area contributed by atoms with Crippen molar-refractivity contribution in [1.82, 2.24) is 9.62 Å². The van der Waals surface area contributed by atoms with E-state index in [1.54, 1.807) is 24.3 Å². The number of carbonyl (C=O) groups is 1. The second-order valence-corrected chi connectivity index (χ2v) is 8.16. The highest BCUT2D eigenvalue weighted by Gasteiger charge is 2.52. The molecule has 1 aromatic rings. The van der Waals surface area contributed by atoms with E-state index in [4.69, 9.17) is 4.74 Å². The first-order valence-corrected chi connectivity index (χ1v) is 9.27. The van der Waals surface area contributed by atoms with Gasteiger partial charge in [0.05, 0.1) is 17.4 Å². The van der Waals surface area contributed by atoms with E-state index in [0.29, 0.717) is 19.6 Å². The smallest absolute Gasteiger partial charge is 0.316 e. The minimum absolute atomic E-state index is 0.0710. The number of sulfonamides is 1. The van der Waals surface area contributed by atoms with Gasteiger partial charge < -0.3 is 10.1 Å². The van der Waals surface area contributed by atoms with E-state index in [2.05, 4.69) is 5.32 Å². The maximum Gasteiger partial charge on any atom is 0.316 e. The van der Waals surface area contributed by atoms with Gasteiger partial charge in [-0.2, -0.15) is 4.31 Å². The molecule has 1 atom stereocenters. The summed E-state index contributed by atoms with van der Waals surface area (Å²) in [6, 6.07) is 6.61. The standard InChI is InChI=1S/C16H22N2O4S/c1-12-11-17-9-10-18(12)23(20,21)14-5-3-13(4-6-14)16(7-8-16)15(19)22-2/h3-6,12,17H,7-11H2,1-2H3. The lowest BCUT2D eigenvalue weighted by atomic mass is 9.96. The number of rotatable bonds is 4. The zero-order valence-electron chi connectivity index (χ0n) is 13.4. The quantitative estimate of drug-likeness (QED) is 0.825. The van der Waals surface area contributed by atoms with Crippen LogP contribution in [-0.4, -0.2) is 51.5 Å². The van der Waals surface area contributed by atoms with Crippen LogP contribution in [0, 0.1) is 0 Å². The minimum atomic E-state index is -3.50. The Hall–Kier alpha value is -1.44. The lowest BCUT2D eigenvalue weighted by Gasteiger charge is -2.32. The maximum absolute atomic E-state index is 12.8. The number of nitrogens with zero attached hydrogens (tertiary/aromatic N) is 1. The van der Waals surface area contributed by atoms with Crippen LogP contribution in [0.4, 0.5) is 0 Å². The molecule has 0 radical (unpaired) electrons. The van der Waals surface area contributed by atoms with Gasteiger partial charge in [0.15, 0.2) is 0 Å². The van der Waals surface area contributed by atoms with E-state index >= 15 is 0 Å². The summed E-state index contributed by atoms with van der Waals surface area (Å²) in [6.07, 6.45) is 1.50. The van der Waals surface area contributed by atoms with Gasteiger partial charge in [0.25, 0.3) is 0 Å². The van der Waals surface area contributed by atoms with Crippen molar-refractivity contribution in [2.75, 3.05) is 26.7 Å². The molecule has 0 bridgehead atoms. The predicted octanol–water partition coefficient (Wildman–Crippen LogP) is 0.874. The topological polar surface area (TPSA) is 75.7 Å². The van der Waals surface area contributed by atoms with Gasteiger partial charge in [0.1, 0.15) is 0 Å². The van der Waals surface area contributed by atoms with Crippen molar-refractivity contribution in [3.63, 3.8) is 0 Å². The highest BCUT2D eigenvalue weighted by atomic mass is 32.2. The fraction of sp³-hybridized carbons (Fsp3) is 0.562. The Morgan fingerprint density at radius 2 is 1.96 bits per heavy atom. The van der Waals surface area contributed by atoms with Crippen LogP contribution in [0.5, 0.6) is 0 Å². The lowest BCUT2D eigenvalue weighted by Crippen LogP contribution is -2.52. The maximum atomic E-state index is 12.8. The van der Waals surface area contributed by atoms with Crippen LogP contribution in [0.15, 0.2) is 29.2 Å². The molecule has 1 aromatic carbocycles. The number of hydrogen-bond acceptors (Lipinski definition) is 5. The summed E-state index contributed by atoms with van der Waals surface area (Å²) in [6.45, 7) is 3.68. The Kier molecular flexibility index (Phi) is 4.20. The summed E-state index contributed by atoms with van der Waals surface area (Å²) in [5, 5.41) is 3.19. The van der Waals surface area contributed by atoms with Crippen LogP contribution in [0.25, 0.3) is 0 Å². The molecule has 0 spiro atoms. The van der Waals surface area contributed by atoms with Crippen LogP contribution in [0.1, 0.15) is 25.3 Å². The number of esters is 1. The normalized spacial score (nSPS) is 24.2. The highest BCUT2D eigenvalue weighted by Crippen LogP contribution is 2.49. The number of benzene rings is 1. The van der Waals surface area contributed by atoms with Gasteiger partial charge in [-0.3, -0.25) is 4.79 Å². The van der Waals surface area contributed by atoms with Gasteiger partial charge in [-0.1, -0.05) is 12.1 Å². The molecule has 2 aliphatic rings. The fourth-order valence-corrected chi connectivity index (χ4v) is 4.82. The Morgan fingerprint density at radius 3 is 2.48 bits per heavy atom. The fourth-order valence-electron chi connectivity index (χ4n) is 3.19. The lowest BCUT2D eigenvalue weighted by molar-refractivity contribution is -0.143. The van der Waals surface area contributed by atoms with Crippen molar-refractivity contribution >= 4 is 16.0 Å². The van der Waals surface area contributed by atoms with E-state index in [-0.39, 0.29) is 16.9 Å². The molecule has 23 heavy (non-hydrogen) atoms. The van der Waals surface area contributed by atoms with Crippen molar-refractivity contribution in [2.45, 2.75) is 36.1 Å². The highest BCUT2D eigenvalue weighted by molar-refractivity contribution is 7.89. The molecule has 1 saturated carbocycles. The summed E-state index contributed by atoms with van der Waals surface area (Å²) >= 11 is 0. The second-order valence-electron chi connectivity index (χ2n) is 6.27. The van der Waals surface area contributed by atoms with Crippen LogP contribution in [0.2, 0.25) is 0 Å². The van der Waals surface area contributed by atoms with Gasteiger partial charge >= 0.3 is 5.97 Å². The van der Waals surface area contributed by atoms with Crippen LogP contribution >= 0.6 is 0 Å². The van der Waals surface area contributed by atoms with Gasteiger partial charge in [0, 0.05) is 25.7 Å². The van der Waals surface area contributed by atoms with Gasteiger partial charge in [0.2, 0.25) is 10.0 Å². The molecule has 1 aliphatic heterocycles. The number of ether oxygens (including phenoxy) is 1. The molecule has 1 saturated heterocycles. The summed E-state index contributed by atoms with van der Waals surface area (Å²) in [5.74, 6) is -0.246. The van der Waals surface area contributed by atoms with Gasteiger partial charge in [-0.25, -0.2) is 8.42 Å². The first-order chi connectivity index (χ1) is 10.9. The van der Waals surface area contributed by atoms with Crippen molar-refractivity contribution in [3.8, 4) is 0 Å². The molecule has 0 amide bonds. The van der Waals surface area contributed by atoms with Crippen molar-refractivity contribution < 1.29 is 17.9 Å². The van der Waals surface area contributed by atoms with Crippen molar-refractivity contribution in [3.05, 3.63) is 29.8 Å². The van der Waals surface area contributed by atoms with Crippen LogP contribution < -0.4 is 5.32 Å². The van der Waals surface area contributed by atoms with Gasteiger partial charge in [-0.05, 0) is 37.5 Å². The molecule has 7 heteroatoms. The van der Waals surface area contributed by atoms with Crippen molar-refractivity contribution in [2.24, 2.45) is 0 Å². The Balaban J connectivity index is 1.86. The van der Waals surface area contributed by atoms with E-state index in [1.807, 2.05) is 6.92 Å². The number of methoxy groups -OCH3 is 1. The third-order valence-corrected chi connectivity index (χ3v) is 6.81. The molecule has 3 rings (SSSR count). The Bertz CT molecular complexity index is 695. The molecular weight excluding hydrogens is 316 g/mol. The molecular formula is C16H22N2O4S. The average molecular weight is 338 g/mol. The zero-order valence-corrected chi connectivity index (χ0v) is 14.2.